The van der Waals surface area contributed by atoms with Gasteiger partial charge in [0.05, 0.1) is 11.4 Å². The second-order valence-corrected chi connectivity index (χ2v) is 4.68. The normalized spacial score (nSPS) is 10.4. The third kappa shape index (κ3) is 3.12. The molecule has 0 aliphatic rings. The first-order chi connectivity index (χ1) is 8.56. The molecular formula is C13H11Cl2FN2. The molecule has 0 amide bonds. The van der Waals surface area contributed by atoms with Crippen LogP contribution in [-0.4, -0.2) is 4.98 Å². The topological polar surface area (TPSA) is 24.9 Å². The molecule has 2 nitrogen and oxygen atoms in total. The third-order valence-electron chi connectivity index (χ3n) is 2.54. The Balaban J connectivity index is 2.11. The molecule has 2 aromatic rings. The summed E-state index contributed by atoms with van der Waals surface area (Å²) in [5.41, 5.74) is 2.15. The molecule has 1 heterocycles. The van der Waals surface area contributed by atoms with E-state index in [2.05, 4.69) is 10.3 Å². The number of rotatable bonds is 3. The minimum absolute atomic E-state index is 0.324. The predicted octanol–water partition coefficient (Wildman–Crippen LogP) is 4.45. The number of halogens is 3. The monoisotopic (exact) mass is 284 g/mol. The lowest BCUT2D eigenvalue weighted by Gasteiger charge is -2.10. The van der Waals surface area contributed by atoms with Gasteiger partial charge in [0.2, 0.25) is 0 Å². The Bertz CT molecular complexity index is 521. The highest BCUT2D eigenvalue weighted by Crippen LogP contribution is 2.19. The van der Waals surface area contributed by atoms with Gasteiger partial charge in [-0.1, -0.05) is 29.3 Å². The predicted molar refractivity (Wildman–Crippen MR) is 72.7 cm³/mol. The molecular weight excluding hydrogens is 274 g/mol. The molecule has 0 saturated carbocycles. The molecule has 0 unspecified atom stereocenters. The first-order valence-corrected chi connectivity index (χ1v) is 6.13. The van der Waals surface area contributed by atoms with E-state index >= 15 is 0 Å². The van der Waals surface area contributed by atoms with Gasteiger partial charge >= 0.3 is 0 Å². The summed E-state index contributed by atoms with van der Waals surface area (Å²) in [6.45, 7) is 2.21. The average molecular weight is 285 g/mol. The fraction of sp³-hybridized carbons (Fsp3) is 0.154. The highest BCUT2D eigenvalue weighted by Gasteiger charge is 2.04. The van der Waals surface area contributed by atoms with Gasteiger partial charge in [0.15, 0.2) is 0 Å². The van der Waals surface area contributed by atoms with E-state index in [1.165, 1.54) is 6.07 Å². The van der Waals surface area contributed by atoms with E-state index in [1.54, 1.807) is 18.2 Å². The zero-order valence-corrected chi connectivity index (χ0v) is 11.2. The lowest BCUT2D eigenvalue weighted by atomic mass is 10.2. The molecule has 0 atom stereocenters. The molecule has 1 N–H and O–H groups in total. The van der Waals surface area contributed by atoms with Crippen LogP contribution < -0.4 is 5.32 Å². The van der Waals surface area contributed by atoms with Gasteiger partial charge in [-0.2, -0.15) is 0 Å². The van der Waals surface area contributed by atoms with E-state index in [4.69, 9.17) is 23.2 Å². The molecule has 94 valence electrons. The summed E-state index contributed by atoms with van der Waals surface area (Å²) in [7, 11) is 0. The van der Waals surface area contributed by atoms with Crippen LogP contribution in [0.4, 0.5) is 10.1 Å². The van der Waals surface area contributed by atoms with Crippen LogP contribution in [0.1, 0.15) is 11.3 Å². The van der Waals surface area contributed by atoms with Crippen LogP contribution >= 0.6 is 23.2 Å². The summed E-state index contributed by atoms with van der Waals surface area (Å²) < 4.78 is 13.6. The second-order valence-electron chi connectivity index (χ2n) is 3.86. The van der Waals surface area contributed by atoms with Gasteiger partial charge in [0.25, 0.3) is 0 Å². The molecule has 0 bridgehead atoms. The molecule has 1 aromatic heterocycles. The lowest BCUT2D eigenvalue weighted by Crippen LogP contribution is -2.04. The molecule has 0 spiro atoms. The van der Waals surface area contributed by atoms with Crippen molar-refractivity contribution < 1.29 is 4.39 Å². The Morgan fingerprint density at radius 3 is 2.67 bits per heavy atom. The van der Waals surface area contributed by atoms with E-state index in [1.807, 2.05) is 13.0 Å². The molecule has 0 saturated heterocycles. The summed E-state index contributed by atoms with van der Waals surface area (Å²) in [6.07, 6.45) is 0. The highest BCUT2D eigenvalue weighted by molar-refractivity contribution is 6.30. The molecule has 1 aromatic carbocycles. The third-order valence-corrected chi connectivity index (χ3v) is 2.98. The van der Waals surface area contributed by atoms with E-state index in [-0.39, 0.29) is 5.82 Å². The van der Waals surface area contributed by atoms with Crippen molar-refractivity contribution in [2.24, 2.45) is 0 Å². The largest absolute Gasteiger partial charge is 0.379 e. The summed E-state index contributed by atoms with van der Waals surface area (Å²) in [6, 6.07) is 8.12. The summed E-state index contributed by atoms with van der Waals surface area (Å²) in [4.78, 5) is 4.11. The molecule has 0 aliphatic carbocycles. The number of benzene rings is 1. The molecule has 5 heteroatoms. The zero-order valence-electron chi connectivity index (χ0n) is 9.67. The maximum atomic E-state index is 13.6. The number of nitrogens with one attached hydrogen (secondary N) is 1. The van der Waals surface area contributed by atoms with Crippen LogP contribution in [0.15, 0.2) is 30.3 Å². The van der Waals surface area contributed by atoms with Crippen LogP contribution in [0.5, 0.6) is 0 Å². The van der Waals surface area contributed by atoms with E-state index in [0.29, 0.717) is 22.3 Å². The van der Waals surface area contributed by atoms with E-state index < -0.39 is 0 Å². The van der Waals surface area contributed by atoms with Crippen LogP contribution in [0.25, 0.3) is 0 Å². The van der Waals surface area contributed by atoms with E-state index in [0.717, 1.165) is 11.4 Å². The van der Waals surface area contributed by atoms with Gasteiger partial charge in [0, 0.05) is 17.1 Å². The number of anilines is 1. The van der Waals surface area contributed by atoms with Crippen molar-refractivity contribution in [1.82, 2.24) is 4.98 Å². The molecule has 18 heavy (non-hydrogen) atoms. The van der Waals surface area contributed by atoms with E-state index in [9.17, 15) is 4.39 Å². The second kappa shape index (κ2) is 5.55. The van der Waals surface area contributed by atoms with Crippen molar-refractivity contribution >= 4 is 28.9 Å². The van der Waals surface area contributed by atoms with Crippen molar-refractivity contribution in [3.63, 3.8) is 0 Å². The van der Waals surface area contributed by atoms with Crippen LogP contribution in [0, 0.1) is 12.7 Å². The minimum atomic E-state index is -0.324. The smallest absolute Gasteiger partial charge is 0.129 e. The average Bonchev–Trinajstić information content (AvgIpc) is 2.30. The van der Waals surface area contributed by atoms with Gasteiger partial charge in [-0.25, -0.2) is 9.37 Å². The van der Waals surface area contributed by atoms with Crippen molar-refractivity contribution in [3.05, 3.63) is 57.6 Å². The van der Waals surface area contributed by atoms with Gasteiger partial charge in [-0.3, -0.25) is 0 Å². The quantitative estimate of drug-likeness (QED) is 0.843. The number of pyridine rings is 1. The summed E-state index contributed by atoms with van der Waals surface area (Å²) in [5, 5.41) is 3.94. The fourth-order valence-corrected chi connectivity index (χ4v) is 1.92. The fourth-order valence-electron chi connectivity index (χ4n) is 1.57. The first-order valence-electron chi connectivity index (χ1n) is 5.37. The maximum Gasteiger partial charge on any atom is 0.129 e. The Morgan fingerprint density at radius 1 is 1.22 bits per heavy atom. The lowest BCUT2D eigenvalue weighted by molar-refractivity contribution is 0.613. The van der Waals surface area contributed by atoms with Gasteiger partial charge < -0.3 is 5.32 Å². The SMILES string of the molecule is Cc1nc(Cl)ccc1NCc1ccc(Cl)cc1F. The maximum absolute atomic E-state index is 13.6. The number of hydrogen-bond donors (Lipinski definition) is 1. The molecule has 2 rings (SSSR count). The number of hydrogen-bond acceptors (Lipinski definition) is 2. The number of aromatic nitrogens is 1. The van der Waals surface area contributed by atoms with Crippen molar-refractivity contribution in [2.75, 3.05) is 5.32 Å². The Hall–Kier alpha value is -1.32. The first kappa shape index (κ1) is 13.1. The molecule has 0 aliphatic heterocycles. The standard InChI is InChI=1S/C13H11Cl2FN2/c1-8-12(4-5-13(15)18-8)17-7-9-2-3-10(14)6-11(9)16/h2-6,17H,7H2,1H3. The Labute approximate surface area is 115 Å². The Kier molecular flexibility index (Phi) is 4.04. The Morgan fingerprint density at radius 2 is 2.00 bits per heavy atom. The van der Waals surface area contributed by atoms with Crippen molar-refractivity contribution in [1.29, 1.82) is 0 Å². The minimum Gasteiger partial charge on any atom is -0.379 e. The number of aryl methyl sites for hydroxylation is 1. The van der Waals surface area contributed by atoms with Crippen LogP contribution in [0.3, 0.4) is 0 Å². The number of nitrogens with zero attached hydrogens (tertiary/aromatic N) is 1. The van der Waals surface area contributed by atoms with Gasteiger partial charge in [0.1, 0.15) is 11.0 Å². The molecule has 0 radical (unpaired) electrons. The van der Waals surface area contributed by atoms with Crippen molar-refractivity contribution in [3.8, 4) is 0 Å². The molecule has 0 fully saturated rings. The van der Waals surface area contributed by atoms with Crippen molar-refractivity contribution in [2.45, 2.75) is 13.5 Å². The summed E-state index contributed by atoms with van der Waals surface area (Å²) in [5.74, 6) is -0.324. The zero-order chi connectivity index (χ0) is 13.1. The van der Waals surface area contributed by atoms with Gasteiger partial charge in [-0.15, -0.1) is 0 Å². The van der Waals surface area contributed by atoms with Crippen LogP contribution in [-0.2, 0) is 6.54 Å². The van der Waals surface area contributed by atoms with Crippen LogP contribution in [0.2, 0.25) is 10.2 Å². The highest BCUT2D eigenvalue weighted by atomic mass is 35.5. The van der Waals surface area contributed by atoms with Gasteiger partial charge in [-0.05, 0) is 31.2 Å². The summed E-state index contributed by atoms with van der Waals surface area (Å²) >= 11 is 11.5.